The number of nitrogens with zero attached hydrogens (tertiary/aromatic N) is 3. The van der Waals surface area contributed by atoms with Gasteiger partial charge < -0.3 is 10.3 Å². The van der Waals surface area contributed by atoms with E-state index in [2.05, 4.69) is 24.0 Å². The molecule has 24 heavy (non-hydrogen) atoms. The normalized spacial score (nSPS) is 11.2. The number of nitrogens with two attached hydrogens (primary N) is 1. The van der Waals surface area contributed by atoms with E-state index in [0.29, 0.717) is 23.1 Å². The molecule has 0 aliphatic carbocycles. The lowest BCUT2D eigenvalue weighted by Crippen LogP contribution is -2.15. The Labute approximate surface area is 149 Å². The lowest BCUT2D eigenvalue weighted by atomic mass is 10.2. The van der Waals surface area contributed by atoms with Crippen LogP contribution >= 0.6 is 23.4 Å². The van der Waals surface area contributed by atoms with Crippen LogP contribution in [-0.2, 0) is 23.5 Å². The topological polar surface area (TPSA) is 73.8 Å². The van der Waals surface area contributed by atoms with Gasteiger partial charge in [-0.15, -0.1) is 10.2 Å². The summed E-state index contributed by atoms with van der Waals surface area (Å²) in [5, 5.41) is 9.55. The molecule has 0 fully saturated rings. The van der Waals surface area contributed by atoms with Gasteiger partial charge in [0.25, 0.3) is 0 Å². The summed E-state index contributed by atoms with van der Waals surface area (Å²) in [5.41, 5.74) is 6.05. The lowest BCUT2D eigenvalue weighted by molar-refractivity contribution is -0.118. The molecule has 1 heterocycles. The van der Waals surface area contributed by atoms with E-state index in [1.54, 1.807) is 6.07 Å². The first-order valence-electron chi connectivity index (χ1n) is 7.64. The number of hydrogen-bond donors (Lipinski definition) is 1. The number of benzene rings is 1. The van der Waals surface area contributed by atoms with Crippen LogP contribution in [0.25, 0.3) is 0 Å². The van der Waals surface area contributed by atoms with E-state index in [-0.39, 0.29) is 18.1 Å². The lowest BCUT2D eigenvalue weighted by Gasteiger charge is -2.12. The number of aromatic nitrogens is 3. The van der Waals surface area contributed by atoms with Crippen molar-refractivity contribution in [2.75, 3.05) is 0 Å². The maximum atomic E-state index is 13.1. The van der Waals surface area contributed by atoms with Crippen molar-refractivity contribution in [3.05, 3.63) is 40.4 Å². The first kappa shape index (κ1) is 18.7. The van der Waals surface area contributed by atoms with Gasteiger partial charge in [0.1, 0.15) is 11.6 Å². The molecule has 2 N–H and O–H groups in total. The van der Waals surface area contributed by atoms with Crippen molar-refractivity contribution in [3.8, 4) is 0 Å². The first-order valence-corrected chi connectivity index (χ1v) is 9.00. The van der Waals surface area contributed by atoms with Gasteiger partial charge in [0, 0.05) is 30.2 Å². The highest BCUT2D eigenvalue weighted by Gasteiger charge is 2.15. The van der Waals surface area contributed by atoms with Crippen LogP contribution < -0.4 is 5.73 Å². The van der Waals surface area contributed by atoms with Gasteiger partial charge in [0.05, 0.1) is 0 Å². The number of carbonyl (C=O) groups is 1. The third-order valence-corrected chi connectivity index (χ3v) is 4.68. The molecule has 8 heteroatoms. The minimum absolute atomic E-state index is 0.241. The summed E-state index contributed by atoms with van der Waals surface area (Å²) in [6.45, 7) is 4.95. The summed E-state index contributed by atoms with van der Waals surface area (Å²) in [4.78, 5) is 11.0. The van der Waals surface area contributed by atoms with Crippen molar-refractivity contribution in [3.63, 3.8) is 0 Å². The molecule has 0 saturated carbocycles. The van der Waals surface area contributed by atoms with E-state index in [9.17, 15) is 9.18 Å². The highest BCUT2D eigenvalue weighted by molar-refractivity contribution is 7.98. The number of primary amides is 1. The van der Waals surface area contributed by atoms with Crippen LogP contribution in [-0.4, -0.2) is 20.7 Å². The molecular weight excluding hydrogens is 351 g/mol. The number of thioether (sulfide) groups is 1. The molecule has 1 amide bonds. The van der Waals surface area contributed by atoms with Gasteiger partial charge in [-0.25, -0.2) is 4.39 Å². The molecule has 2 rings (SSSR count). The van der Waals surface area contributed by atoms with Crippen LogP contribution in [0.2, 0.25) is 5.02 Å². The fourth-order valence-electron chi connectivity index (χ4n) is 2.18. The summed E-state index contributed by atoms with van der Waals surface area (Å²) < 4.78 is 15.1. The van der Waals surface area contributed by atoms with Crippen molar-refractivity contribution < 1.29 is 9.18 Å². The quantitative estimate of drug-likeness (QED) is 0.722. The zero-order valence-corrected chi connectivity index (χ0v) is 15.2. The van der Waals surface area contributed by atoms with Crippen molar-refractivity contribution in [2.24, 2.45) is 11.7 Å². The van der Waals surface area contributed by atoms with Crippen molar-refractivity contribution in [1.29, 1.82) is 0 Å². The predicted molar refractivity (Wildman–Crippen MR) is 93.3 cm³/mol. The Hall–Kier alpha value is -1.60. The number of carbonyl (C=O) groups excluding carboxylic acids is 1. The average molecular weight is 371 g/mol. The maximum Gasteiger partial charge on any atom is 0.217 e. The molecule has 1 aromatic carbocycles. The van der Waals surface area contributed by atoms with Crippen molar-refractivity contribution >= 4 is 29.3 Å². The summed E-state index contributed by atoms with van der Waals surface area (Å²) in [6, 6.07) is 4.36. The first-order chi connectivity index (χ1) is 11.4. The van der Waals surface area contributed by atoms with E-state index < -0.39 is 0 Å². The van der Waals surface area contributed by atoms with Gasteiger partial charge in [-0.2, -0.15) is 0 Å². The maximum absolute atomic E-state index is 13.1. The molecule has 0 bridgehead atoms. The average Bonchev–Trinajstić information content (AvgIpc) is 2.85. The van der Waals surface area contributed by atoms with Crippen LogP contribution in [0.15, 0.2) is 23.4 Å². The van der Waals surface area contributed by atoms with Gasteiger partial charge in [0.15, 0.2) is 5.16 Å². The molecule has 0 radical (unpaired) electrons. The van der Waals surface area contributed by atoms with E-state index in [1.165, 1.54) is 23.9 Å². The second kappa shape index (κ2) is 8.48. The van der Waals surface area contributed by atoms with E-state index in [1.807, 2.05) is 4.57 Å². The fourth-order valence-corrected chi connectivity index (χ4v) is 3.46. The molecule has 0 atom stereocenters. The van der Waals surface area contributed by atoms with Crippen LogP contribution in [0.3, 0.4) is 0 Å². The third-order valence-electron chi connectivity index (χ3n) is 3.31. The van der Waals surface area contributed by atoms with E-state index >= 15 is 0 Å². The molecule has 130 valence electrons. The van der Waals surface area contributed by atoms with Crippen molar-refractivity contribution in [1.82, 2.24) is 14.8 Å². The van der Waals surface area contributed by atoms with E-state index in [0.717, 1.165) is 23.1 Å². The Morgan fingerprint density at radius 1 is 1.42 bits per heavy atom. The summed E-state index contributed by atoms with van der Waals surface area (Å²) >= 11 is 7.55. The van der Waals surface area contributed by atoms with Crippen LogP contribution in [0, 0.1) is 11.7 Å². The van der Waals surface area contributed by atoms with Gasteiger partial charge in [-0.1, -0.05) is 43.3 Å². The molecule has 5 nitrogen and oxygen atoms in total. The minimum Gasteiger partial charge on any atom is -0.370 e. The number of aryl methyl sites for hydroxylation is 1. The van der Waals surface area contributed by atoms with Crippen LogP contribution in [0.4, 0.5) is 4.39 Å². The monoisotopic (exact) mass is 370 g/mol. The van der Waals surface area contributed by atoms with Gasteiger partial charge in [0.2, 0.25) is 5.91 Å². The zero-order valence-electron chi connectivity index (χ0n) is 13.6. The molecule has 2 aromatic rings. The van der Waals surface area contributed by atoms with Crippen molar-refractivity contribution in [2.45, 2.75) is 44.1 Å². The Kier molecular flexibility index (Phi) is 6.62. The standard InChI is InChI=1S/C16H20ClFN4OS/c1-10(2)8-22-15(6-5-14(19)23)20-21-16(22)24-9-11-3-4-12(18)7-13(11)17/h3-4,7,10H,5-6,8-9H2,1-2H3,(H2,19,23). The molecule has 0 unspecified atom stereocenters. The second-order valence-corrected chi connectivity index (χ2v) is 7.24. The predicted octanol–water partition coefficient (Wildman–Crippen LogP) is 3.44. The Bertz CT molecular complexity index is 720. The molecule has 1 aromatic heterocycles. The summed E-state index contributed by atoms with van der Waals surface area (Å²) in [7, 11) is 0. The Morgan fingerprint density at radius 3 is 2.79 bits per heavy atom. The number of hydrogen-bond acceptors (Lipinski definition) is 4. The number of halogens is 2. The summed E-state index contributed by atoms with van der Waals surface area (Å²) in [6.07, 6.45) is 0.706. The number of rotatable bonds is 8. The smallest absolute Gasteiger partial charge is 0.217 e. The highest BCUT2D eigenvalue weighted by Crippen LogP contribution is 2.27. The fraction of sp³-hybridized carbons (Fsp3) is 0.438. The SMILES string of the molecule is CC(C)Cn1c(CCC(N)=O)nnc1SCc1ccc(F)cc1Cl. The molecule has 0 spiro atoms. The molecular formula is C16H20ClFN4OS. The molecule has 0 aliphatic rings. The van der Waals surface area contributed by atoms with Crippen LogP contribution in [0.1, 0.15) is 31.7 Å². The Morgan fingerprint density at radius 2 is 2.17 bits per heavy atom. The van der Waals surface area contributed by atoms with Gasteiger partial charge >= 0.3 is 0 Å². The summed E-state index contributed by atoms with van der Waals surface area (Å²) in [5.74, 6) is 0.995. The number of amides is 1. The largest absolute Gasteiger partial charge is 0.370 e. The third kappa shape index (κ3) is 5.21. The highest BCUT2D eigenvalue weighted by atomic mass is 35.5. The zero-order chi connectivity index (χ0) is 17.7. The second-order valence-electron chi connectivity index (χ2n) is 5.89. The van der Waals surface area contributed by atoms with Crippen LogP contribution in [0.5, 0.6) is 0 Å². The minimum atomic E-state index is -0.360. The molecule has 0 saturated heterocycles. The Balaban J connectivity index is 2.14. The van der Waals surface area contributed by atoms with Gasteiger partial charge in [-0.3, -0.25) is 4.79 Å². The van der Waals surface area contributed by atoms with Gasteiger partial charge in [-0.05, 0) is 23.6 Å². The van der Waals surface area contributed by atoms with E-state index in [4.69, 9.17) is 17.3 Å². The molecule has 0 aliphatic heterocycles.